The van der Waals surface area contributed by atoms with Crippen LogP contribution >= 0.6 is 0 Å². The fourth-order valence-corrected chi connectivity index (χ4v) is 1.58. The van der Waals surface area contributed by atoms with E-state index in [9.17, 15) is 0 Å². The summed E-state index contributed by atoms with van der Waals surface area (Å²) < 4.78 is 20.2. The molecule has 0 aromatic rings. The van der Waals surface area contributed by atoms with E-state index in [0.29, 0.717) is 6.61 Å². The Bertz CT molecular complexity index is 301. The monoisotopic (exact) mass is 388 g/mol. The first-order chi connectivity index (χ1) is 12.3. The lowest BCUT2D eigenvalue weighted by molar-refractivity contribution is -0.270. The molecule has 0 radical (unpaired) electrons. The third-order valence-electron chi connectivity index (χ3n) is 3.36. The molecule has 26 heavy (non-hydrogen) atoms. The molecule has 2 atom stereocenters. The highest BCUT2D eigenvalue weighted by molar-refractivity contribution is 4.67. The van der Waals surface area contributed by atoms with E-state index in [1.807, 2.05) is 0 Å². The average molecular weight is 388 g/mol. The molecule has 0 saturated carbocycles. The molecule has 0 aliphatic rings. The van der Waals surface area contributed by atoms with Crippen molar-refractivity contribution >= 4 is 0 Å². The van der Waals surface area contributed by atoms with Crippen LogP contribution in [0.1, 0.15) is 20.8 Å². The number of hydrogen-bond acceptors (Lipinski definition) is 10. The van der Waals surface area contributed by atoms with Crippen molar-refractivity contribution in [2.24, 2.45) is 5.92 Å². The Balaban J connectivity index is 0. The Morgan fingerprint density at radius 1 is 0.846 bits per heavy atom. The van der Waals surface area contributed by atoms with E-state index >= 15 is 0 Å². The SMILES string of the molecule is CCOC(C)(CO)OC(CO)CO.COC(CO)(CO)OCC(C)CO. The first kappa shape index (κ1) is 27.8. The Kier molecular flexibility index (Phi) is 16.7. The van der Waals surface area contributed by atoms with Crippen molar-refractivity contribution in [3.8, 4) is 0 Å². The number of aliphatic hydroxyl groups excluding tert-OH is 6. The van der Waals surface area contributed by atoms with E-state index in [-0.39, 0.29) is 39.0 Å². The summed E-state index contributed by atoms with van der Waals surface area (Å²) in [5, 5.41) is 52.9. The van der Waals surface area contributed by atoms with Crippen molar-refractivity contribution in [1.29, 1.82) is 0 Å². The normalized spacial score (nSPS) is 15.3. The zero-order valence-corrected chi connectivity index (χ0v) is 16.1. The van der Waals surface area contributed by atoms with Crippen LogP contribution in [0.2, 0.25) is 0 Å². The first-order valence-electron chi connectivity index (χ1n) is 8.41. The molecule has 0 rings (SSSR count). The molecule has 6 N–H and O–H groups in total. The number of ether oxygens (including phenoxy) is 4. The summed E-state index contributed by atoms with van der Waals surface area (Å²) in [6.07, 6.45) is -0.719. The third-order valence-corrected chi connectivity index (χ3v) is 3.36. The third kappa shape index (κ3) is 11.3. The summed E-state index contributed by atoms with van der Waals surface area (Å²) in [6, 6.07) is 0. The zero-order valence-electron chi connectivity index (χ0n) is 16.1. The van der Waals surface area contributed by atoms with Crippen molar-refractivity contribution in [3.05, 3.63) is 0 Å². The van der Waals surface area contributed by atoms with Gasteiger partial charge in [0.2, 0.25) is 5.79 Å². The number of methoxy groups -OCH3 is 1. The Morgan fingerprint density at radius 3 is 1.69 bits per heavy atom. The lowest BCUT2D eigenvalue weighted by Crippen LogP contribution is -2.44. The molecule has 0 spiro atoms. The van der Waals surface area contributed by atoms with Crippen LogP contribution in [-0.4, -0.2) is 108 Å². The maximum absolute atomic E-state index is 8.94. The molecular formula is C16H36O10. The van der Waals surface area contributed by atoms with E-state index in [1.54, 1.807) is 20.8 Å². The summed E-state index contributed by atoms with van der Waals surface area (Å²) in [4.78, 5) is 0. The summed E-state index contributed by atoms with van der Waals surface area (Å²) in [7, 11) is 1.34. The van der Waals surface area contributed by atoms with Gasteiger partial charge >= 0.3 is 0 Å². The van der Waals surface area contributed by atoms with Crippen LogP contribution in [0, 0.1) is 5.92 Å². The van der Waals surface area contributed by atoms with Crippen LogP contribution in [0.4, 0.5) is 0 Å². The van der Waals surface area contributed by atoms with Gasteiger partial charge in [0.05, 0.1) is 39.6 Å². The molecule has 0 aliphatic heterocycles. The Morgan fingerprint density at radius 2 is 1.38 bits per heavy atom. The van der Waals surface area contributed by atoms with Crippen LogP contribution in [0.5, 0.6) is 0 Å². The predicted molar refractivity (Wildman–Crippen MR) is 92.3 cm³/mol. The van der Waals surface area contributed by atoms with Crippen LogP contribution < -0.4 is 0 Å². The van der Waals surface area contributed by atoms with Crippen molar-refractivity contribution < 1.29 is 49.6 Å². The van der Waals surface area contributed by atoms with Gasteiger partial charge in [0.1, 0.15) is 6.10 Å². The smallest absolute Gasteiger partial charge is 0.215 e. The summed E-state index contributed by atoms with van der Waals surface area (Å²) in [5.41, 5.74) is 0. The van der Waals surface area contributed by atoms with E-state index in [1.165, 1.54) is 7.11 Å². The Labute approximate surface area is 154 Å². The highest BCUT2D eigenvalue weighted by Crippen LogP contribution is 2.14. The van der Waals surface area contributed by atoms with Gasteiger partial charge < -0.3 is 49.6 Å². The van der Waals surface area contributed by atoms with Gasteiger partial charge in [0.25, 0.3) is 0 Å². The van der Waals surface area contributed by atoms with Crippen molar-refractivity contribution in [3.63, 3.8) is 0 Å². The van der Waals surface area contributed by atoms with Gasteiger partial charge in [0.15, 0.2) is 5.79 Å². The van der Waals surface area contributed by atoms with Crippen molar-refractivity contribution in [2.45, 2.75) is 38.4 Å². The molecule has 0 aliphatic carbocycles. The maximum Gasteiger partial charge on any atom is 0.215 e. The lowest BCUT2D eigenvalue weighted by atomic mass is 10.2. The fraction of sp³-hybridized carbons (Fsp3) is 1.00. The maximum atomic E-state index is 8.94. The van der Waals surface area contributed by atoms with E-state index in [2.05, 4.69) is 0 Å². The second-order valence-electron chi connectivity index (χ2n) is 5.86. The topological polar surface area (TPSA) is 158 Å². The molecule has 2 unspecified atom stereocenters. The lowest BCUT2D eigenvalue weighted by Gasteiger charge is -2.30. The number of hydrogen-bond donors (Lipinski definition) is 6. The summed E-state index contributed by atoms with van der Waals surface area (Å²) in [5.74, 6) is -2.54. The molecule has 0 fully saturated rings. The molecule has 0 aromatic carbocycles. The molecule has 0 heterocycles. The number of rotatable bonds is 14. The first-order valence-corrected chi connectivity index (χ1v) is 8.41. The minimum atomic E-state index is -1.34. The molecule has 10 nitrogen and oxygen atoms in total. The molecule has 0 saturated heterocycles. The molecule has 0 aromatic heterocycles. The van der Waals surface area contributed by atoms with E-state index < -0.39 is 30.9 Å². The standard InChI is InChI=1S/2C8H18O5/c1-7(3-9)4-13-8(5-10,6-11)12-2;1-3-12-8(2,6-11)13-7(4-9)5-10/h2*7,9-11H,3-6H2,1-2H3. The minimum Gasteiger partial charge on any atom is -0.396 e. The van der Waals surface area contributed by atoms with Crippen LogP contribution in [0.15, 0.2) is 0 Å². The van der Waals surface area contributed by atoms with Gasteiger partial charge in [-0.2, -0.15) is 0 Å². The van der Waals surface area contributed by atoms with Gasteiger partial charge in [-0.15, -0.1) is 0 Å². The van der Waals surface area contributed by atoms with Crippen LogP contribution in [0.3, 0.4) is 0 Å². The second-order valence-corrected chi connectivity index (χ2v) is 5.86. The zero-order chi connectivity index (χ0) is 20.6. The summed E-state index contributed by atoms with van der Waals surface area (Å²) in [6.45, 7) is 3.95. The molecule has 0 bridgehead atoms. The fourth-order valence-electron chi connectivity index (χ4n) is 1.58. The van der Waals surface area contributed by atoms with Gasteiger partial charge in [-0.25, -0.2) is 0 Å². The largest absolute Gasteiger partial charge is 0.396 e. The number of aliphatic hydroxyl groups is 6. The molecule has 160 valence electrons. The second kappa shape index (κ2) is 15.6. The van der Waals surface area contributed by atoms with Crippen LogP contribution in [0.25, 0.3) is 0 Å². The van der Waals surface area contributed by atoms with Gasteiger partial charge in [-0.05, 0) is 13.8 Å². The Hall–Kier alpha value is -0.400. The molecular weight excluding hydrogens is 352 g/mol. The van der Waals surface area contributed by atoms with Crippen LogP contribution in [-0.2, 0) is 18.9 Å². The quantitative estimate of drug-likeness (QED) is 0.185. The molecule has 10 heteroatoms. The molecule has 0 amide bonds. The highest BCUT2D eigenvalue weighted by Gasteiger charge is 2.30. The van der Waals surface area contributed by atoms with E-state index in [4.69, 9.17) is 49.6 Å². The minimum absolute atomic E-state index is 0.00332. The average Bonchev–Trinajstić information content (AvgIpc) is 2.68. The van der Waals surface area contributed by atoms with Crippen molar-refractivity contribution in [1.82, 2.24) is 0 Å². The van der Waals surface area contributed by atoms with Gasteiger partial charge in [-0.1, -0.05) is 6.92 Å². The van der Waals surface area contributed by atoms with E-state index in [0.717, 1.165) is 0 Å². The van der Waals surface area contributed by atoms with Gasteiger partial charge in [-0.3, -0.25) is 0 Å². The highest BCUT2D eigenvalue weighted by atomic mass is 16.7. The summed E-state index contributed by atoms with van der Waals surface area (Å²) >= 11 is 0. The van der Waals surface area contributed by atoms with Crippen molar-refractivity contribution in [2.75, 3.05) is 60.0 Å². The predicted octanol–water partition coefficient (Wildman–Crippen LogP) is -1.94. The van der Waals surface area contributed by atoms with Gasteiger partial charge in [0, 0.05) is 26.2 Å².